The lowest BCUT2D eigenvalue weighted by atomic mass is 9.71. The Morgan fingerprint density at radius 3 is 2.33 bits per heavy atom. The van der Waals surface area contributed by atoms with Gasteiger partial charge in [0.25, 0.3) is 0 Å². The molecule has 0 saturated heterocycles. The molecule has 1 aromatic carbocycles. The molecule has 0 amide bonds. The van der Waals surface area contributed by atoms with Gasteiger partial charge in [0, 0.05) is 12.8 Å². The van der Waals surface area contributed by atoms with Gasteiger partial charge in [-0.2, -0.15) is 0 Å². The average molecular weight is 335 g/mol. The van der Waals surface area contributed by atoms with Crippen LogP contribution in [-0.4, -0.2) is 29.6 Å². The predicted molar refractivity (Wildman–Crippen MR) is 76.7 cm³/mol. The van der Waals surface area contributed by atoms with Crippen molar-refractivity contribution in [2.75, 3.05) is 12.8 Å². The molecule has 1 aliphatic carbocycles. The van der Waals surface area contributed by atoms with Gasteiger partial charge in [-0.3, -0.25) is 0 Å². The van der Waals surface area contributed by atoms with E-state index in [-0.39, 0.29) is 16.9 Å². The summed E-state index contributed by atoms with van der Waals surface area (Å²) in [5.41, 5.74) is -0.0992. The zero-order valence-electron chi connectivity index (χ0n) is 11.9. The fourth-order valence-electron chi connectivity index (χ4n) is 2.22. The van der Waals surface area contributed by atoms with Crippen LogP contribution in [-0.2, 0) is 19.9 Å². The first-order valence-electron chi connectivity index (χ1n) is 6.53. The van der Waals surface area contributed by atoms with Crippen LogP contribution in [0.15, 0.2) is 28.0 Å². The molecule has 21 heavy (non-hydrogen) atoms. The topological polar surface area (TPSA) is 80.3 Å². The highest BCUT2D eigenvalue weighted by Gasteiger charge is 2.33. The van der Waals surface area contributed by atoms with Crippen LogP contribution in [0.2, 0.25) is 0 Å². The molecule has 0 bridgehead atoms. The molecule has 118 valence electrons. The number of nitrogens with one attached hydrogen (secondary N) is 1. The quantitative estimate of drug-likeness (QED) is 0.831. The third kappa shape index (κ3) is 3.61. The largest absolute Gasteiger partial charge is 0.243 e. The van der Waals surface area contributed by atoms with Gasteiger partial charge in [0.15, 0.2) is 9.84 Å². The van der Waals surface area contributed by atoms with Crippen molar-refractivity contribution in [1.82, 2.24) is 4.72 Å². The van der Waals surface area contributed by atoms with Crippen molar-refractivity contribution < 1.29 is 21.2 Å². The van der Waals surface area contributed by atoms with Crippen molar-refractivity contribution in [3.8, 4) is 0 Å². The molecule has 0 atom stereocenters. The molecule has 5 nitrogen and oxygen atoms in total. The molecule has 0 heterocycles. The highest BCUT2D eigenvalue weighted by atomic mass is 32.2. The summed E-state index contributed by atoms with van der Waals surface area (Å²) in [5.74, 6) is -0.964. The smallest absolute Gasteiger partial charge is 0.224 e. The Labute approximate surface area is 124 Å². The third-order valence-electron chi connectivity index (χ3n) is 3.87. The summed E-state index contributed by atoms with van der Waals surface area (Å²) < 4.78 is 63.4. The number of benzene rings is 1. The van der Waals surface area contributed by atoms with E-state index in [1.807, 2.05) is 6.92 Å². The Kier molecular flexibility index (Phi) is 4.16. The normalized spacial score (nSPS) is 18.2. The molecule has 2 rings (SSSR count). The lowest BCUT2D eigenvalue weighted by Crippen LogP contribution is -2.40. The van der Waals surface area contributed by atoms with Crippen molar-refractivity contribution in [3.05, 3.63) is 24.0 Å². The first-order chi connectivity index (χ1) is 9.54. The minimum Gasteiger partial charge on any atom is -0.224 e. The molecule has 1 aliphatic rings. The number of hydrogen-bond acceptors (Lipinski definition) is 4. The molecular formula is C13H18FNO4S2. The minimum atomic E-state index is -4.07. The predicted octanol–water partition coefficient (Wildman–Crippen LogP) is 1.70. The van der Waals surface area contributed by atoms with Crippen LogP contribution >= 0.6 is 0 Å². The molecule has 1 saturated carbocycles. The Balaban J connectivity index is 2.31. The maximum atomic E-state index is 13.8. The molecule has 0 unspecified atom stereocenters. The van der Waals surface area contributed by atoms with Crippen molar-refractivity contribution in [1.29, 1.82) is 0 Å². The van der Waals surface area contributed by atoms with Gasteiger partial charge in [0.2, 0.25) is 10.0 Å². The zero-order chi connectivity index (χ0) is 15.9. The fraction of sp³-hybridized carbons (Fsp3) is 0.538. The molecule has 0 aromatic heterocycles. The number of rotatable bonds is 5. The Bertz CT molecular complexity index is 752. The zero-order valence-corrected chi connectivity index (χ0v) is 13.5. The van der Waals surface area contributed by atoms with Crippen LogP contribution in [0.4, 0.5) is 4.39 Å². The van der Waals surface area contributed by atoms with E-state index < -0.39 is 30.6 Å². The first kappa shape index (κ1) is 16.4. The van der Waals surface area contributed by atoms with Crippen LogP contribution < -0.4 is 4.72 Å². The van der Waals surface area contributed by atoms with Crippen LogP contribution in [0, 0.1) is 11.2 Å². The summed E-state index contributed by atoms with van der Waals surface area (Å²) in [6.07, 6.45) is 3.83. The summed E-state index contributed by atoms with van der Waals surface area (Å²) in [6.45, 7) is 2.18. The highest BCUT2D eigenvalue weighted by molar-refractivity contribution is 7.91. The van der Waals surface area contributed by atoms with E-state index in [0.29, 0.717) is 0 Å². The van der Waals surface area contributed by atoms with Crippen molar-refractivity contribution in [3.63, 3.8) is 0 Å². The summed E-state index contributed by atoms with van der Waals surface area (Å²) in [5, 5.41) is 0. The van der Waals surface area contributed by atoms with Crippen molar-refractivity contribution in [2.24, 2.45) is 5.41 Å². The van der Waals surface area contributed by atoms with Crippen LogP contribution in [0.3, 0.4) is 0 Å². The summed E-state index contributed by atoms with van der Waals surface area (Å²) >= 11 is 0. The van der Waals surface area contributed by atoms with Crippen molar-refractivity contribution in [2.45, 2.75) is 36.0 Å². The summed E-state index contributed by atoms with van der Waals surface area (Å²) in [4.78, 5) is -0.854. The molecule has 1 aromatic rings. The van der Waals surface area contributed by atoms with Gasteiger partial charge in [-0.25, -0.2) is 25.9 Å². The second kappa shape index (κ2) is 5.33. The SMILES string of the molecule is CC1(CNS(=O)(=O)c2cc(S(C)(=O)=O)ccc2F)CCC1. The highest BCUT2D eigenvalue weighted by Crippen LogP contribution is 2.39. The lowest BCUT2D eigenvalue weighted by Gasteiger charge is -2.38. The average Bonchev–Trinajstić information content (AvgIpc) is 2.33. The standard InChI is InChI=1S/C13H18FNO4S2/c1-13(6-3-7-13)9-15-21(18,19)12-8-10(20(2,16)17)4-5-11(12)14/h4-5,8,15H,3,6-7,9H2,1-2H3. The van der Waals surface area contributed by atoms with Crippen LogP contribution in [0.25, 0.3) is 0 Å². The van der Waals surface area contributed by atoms with Gasteiger partial charge < -0.3 is 0 Å². The molecule has 1 N–H and O–H groups in total. The van der Waals surface area contributed by atoms with Gasteiger partial charge in [0.1, 0.15) is 10.7 Å². The lowest BCUT2D eigenvalue weighted by molar-refractivity contribution is 0.166. The monoisotopic (exact) mass is 335 g/mol. The maximum Gasteiger partial charge on any atom is 0.243 e. The summed E-state index contributed by atoms with van der Waals surface area (Å²) in [6, 6.07) is 2.77. The summed E-state index contributed by atoms with van der Waals surface area (Å²) in [7, 11) is -7.67. The Morgan fingerprint density at radius 2 is 1.86 bits per heavy atom. The van der Waals surface area contributed by atoms with E-state index in [1.165, 1.54) is 0 Å². The second-order valence-electron chi connectivity index (χ2n) is 5.85. The van der Waals surface area contributed by atoms with E-state index in [2.05, 4.69) is 4.72 Å². The molecule has 1 fully saturated rings. The maximum absolute atomic E-state index is 13.8. The molecule has 8 heteroatoms. The van der Waals surface area contributed by atoms with Gasteiger partial charge in [-0.1, -0.05) is 13.3 Å². The van der Waals surface area contributed by atoms with E-state index in [9.17, 15) is 21.2 Å². The number of sulfonamides is 1. The first-order valence-corrected chi connectivity index (χ1v) is 9.90. The van der Waals surface area contributed by atoms with Gasteiger partial charge in [-0.15, -0.1) is 0 Å². The van der Waals surface area contributed by atoms with E-state index in [0.717, 1.165) is 43.7 Å². The van der Waals surface area contributed by atoms with E-state index >= 15 is 0 Å². The van der Waals surface area contributed by atoms with Crippen LogP contribution in [0.5, 0.6) is 0 Å². The van der Waals surface area contributed by atoms with Gasteiger partial charge >= 0.3 is 0 Å². The Morgan fingerprint density at radius 1 is 1.24 bits per heavy atom. The third-order valence-corrected chi connectivity index (χ3v) is 6.40. The number of halogens is 1. The Hall–Kier alpha value is -0.990. The van der Waals surface area contributed by atoms with Gasteiger partial charge in [0.05, 0.1) is 4.90 Å². The van der Waals surface area contributed by atoms with E-state index in [1.54, 1.807) is 0 Å². The van der Waals surface area contributed by atoms with Gasteiger partial charge in [-0.05, 0) is 36.5 Å². The van der Waals surface area contributed by atoms with Crippen molar-refractivity contribution >= 4 is 19.9 Å². The number of hydrogen-bond donors (Lipinski definition) is 1. The van der Waals surface area contributed by atoms with E-state index in [4.69, 9.17) is 0 Å². The minimum absolute atomic E-state index is 0.0992. The molecule has 0 radical (unpaired) electrons. The van der Waals surface area contributed by atoms with Crippen LogP contribution in [0.1, 0.15) is 26.2 Å². The molecule has 0 aliphatic heterocycles. The fourth-order valence-corrected chi connectivity index (χ4v) is 4.25. The molecule has 0 spiro atoms. The molecular weight excluding hydrogens is 317 g/mol. The second-order valence-corrected chi connectivity index (χ2v) is 9.60. The number of sulfone groups is 1.